The summed E-state index contributed by atoms with van der Waals surface area (Å²) in [4.78, 5) is 28.0. The maximum absolute atomic E-state index is 12.6. The molecule has 6 nitrogen and oxygen atoms in total. The van der Waals surface area contributed by atoms with Crippen LogP contribution in [0.15, 0.2) is 24.3 Å². The average Bonchev–Trinajstić information content (AvgIpc) is 2.62. The van der Waals surface area contributed by atoms with E-state index in [1.165, 1.54) is 6.92 Å². The van der Waals surface area contributed by atoms with Gasteiger partial charge in [0.1, 0.15) is 0 Å². The van der Waals surface area contributed by atoms with Gasteiger partial charge >= 0.3 is 0 Å². The van der Waals surface area contributed by atoms with E-state index in [0.717, 1.165) is 50.4 Å². The van der Waals surface area contributed by atoms with Crippen molar-refractivity contribution in [3.8, 4) is 0 Å². The Morgan fingerprint density at radius 2 is 1.83 bits per heavy atom. The highest BCUT2D eigenvalue weighted by molar-refractivity contribution is 5.89. The average molecular weight is 331 g/mol. The second-order valence-electron chi connectivity index (χ2n) is 6.43. The zero-order valence-corrected chi connectivity index (χ0v) is 14.2. The minimum Gasteiger partial charge on any atom is -0.381 e. The monoisotopic (exact) mass is 331 g/mol. The number of rotatable bonds is 3. The summed E-state index contributed by atoms with van der Waals surface area (Å²) in [5.74, 6) is 0.345. The summed E-state index contributed by atoms with van der Waals surface area (Å²) in [6.45, 7) is 6.05. The minimum atomic E-state index is -0.0703. The first-order valence-electron chi connectivity index (χ1n) is 8.62. The summed E-state index contributed by atoms with van der Waals surface area (Å²) in [5, 5.41) is 2.81. The number of nitrogens with zero attached hydrogens (tertiary/aromatic N) is 2. The highest BCUT2D eigenvalue weighted by atomic mass is 16.5. The third-order valence-electron chi connectivity index (χ3n) is 4.69. The normalized spacial score (nSPS) is 19.2. The molecule has 0 aromatic heterocycles. The van der Waals surface area contributed by atoms with Gasteiger partial charge in [0, 0.05) is 63.6 Å². The molecule has 0 spiro atoms. The van der Waals surface area contributed by atoms with Gasteiger partial charge in [-0.3, -0.25) is 9.59 Å². The number of hydrogen-bond donors (Lipinski definition) is 1. The number of carbonyl (C=O) groups excluding carboxylic acids is 2. The van der Waals surface area contributed by atoms with Crippen LogP contribution >= 0.6 is 0 Å². The molecule has 24 heavy (non-hydrogen) atoms. The van der Waals surface area contributed by atoms with Crippen LogP contribution in [0.3, 0.4) is 0 Å². The summed E-state index contributed by atoms with van der Waals surface area (Å²) in [6, 6.07) is 7.86. The van der Waals surface area contributed by atoms with Gasteiger partial charge in [0.2, 0.25) is 11.8 Å². The molecule has 1 aromatic rings. The van der Waals surface area contributed by atoms with E-state index >= 15 is 0 Å². The first-order chi connectivity index (χ1) is 11.6. The van der Waals surface area contributed by atoms with Gasteiger partial charge in [0.05, 0.1) is 0 Å². The Bertz CT molecular complexity index is 591. The zero-order chi connectivity index (χ0) is 16.9. The Kier molecular flexibility index (Phi) is 5.35. The summed E-state index contributed by atoms with van der Waals surface area (Å²) < 4.78 is 5.34. The van der Waals surface area contributed by atoms with Crippen molar-refractivity contribution in [2.75, 3.05) is 49.6 Å². The maximum atomic E-state index is 12.6. The molecule has 1 N–H and O–H groups in total. The fourth-order valence-electron chi connectivity index (χ4n) is 3.37. The Morgan fingerprint density at radius 3 is 2.50 bits per heavy atom. The molecular weight excluding hydrogens is 306 g/mol. The van der Waals surface area contributed by atoms with Crippen molar-refractivity contribution in [2.24, 2.45) is 5.92 Å². The van der Waals surface area contributed by atoms with E-state index in [9.17, 15) is 9.59 Å². The van der Waals surface area contributed by atoms with Gasteiger partial charge in [-0.05, 0) is 31.0 Å². The number of nitrogens with one attached hydrogen (secondary N) is 1. The standard InChI is InChI=1S/C18H25N3O3/c1-14(22)19-16-3-2-4-17(13-16)20-7-9-21(10-8-20)18(23)15-5-11-24-12-6-15/h2-4,13,15H,5-12H2,1H3,(H,19,22). The molecule has 2 aliphatic heterocycles. The fourth-order valence-corrected chi connectivity index (χ4v) is 3.37. The highest BCUT2D eigenvalue weighted by Crippen LogP contribution is 2.23. The molecule has 0 saturated carbocycles. The molecule has 130 valence electrons. The Morgan fingerprint density at radius 1 is 1.12 bits per heavy atom. The van der Waals surface area contributed by atoms with Gasteiger partial charge in [-0.1, -0.05) is 6.07 Å². The van der Waals surface area contributed by atoms with E-state index in [2.05, 4.69) is 10.2 Å². The van der Waals surface area contributed by atoms with Gasteiger partial charge < -0.3 is 19.9 Å². The van der Waals surface area contributed by atoms with Crippen molar-refractivity contribution < 1.29 is 14.3 Å². The highest BCUT2D eigenvalue weighted by Gasteiger charge is 2.28. The van der Waals surface area contributed by atoms with Crippen molar-refractivity contribution in [3.05, 3.63) is 24.3 Å². The van der Waals surface area contributed by atoms with Crippen LogP contribution in [-0.4, -0.2) is 56.1 Å². The largest absolute Gasteiger partial charge is 0.381 e. The molecule has 0 unspecified atom stereocenters. The molecule has 0 bridgehead atoms. The van der Waals surface area contributed by atoms with Crippen LogP contribution in [0.25, 0.3) is 0 Å². The van der Waals surface area contributed by atoms with Crippen molar-refractivity contribution in [1.29, 1.82) is 0 Å². The fraction of sp³-hybridized carbons (Fsp3) is 0.556. The van der Waals surface area contributed by atoms with E-state index in [-0.39, 0.29) is 17.7 Å². The SMILES string of the molecule is CC(=O)Nc1cccc(N2CCN(C(=O)C3CCOCC3)CC2)c1. The van der Waals surface area contributed by atoms with Gasteiger partial charge in [-0.2, -0.15) is 0 Å². The van der Waals surface area contributed by atoms with Gasteiger partial charge in [0.15, 0.2) is 0 Å². The second kappa shape index (κ2) is 7.66. The second-order valence-corrected chi connectivity index (χ2v) is 6.43. The maximum Gasteiger partial charge on any atom is 0.225 e. The molecule has 2 aliphatic rings. The van der Waals surface area contributed by atoms with Crippen molar-refractivity contribution >= 4 is 23.2 Å². The molecule has 2 fully saturated rings. The number of carbonyl (C=O) groups is 2. The van der Waals surface area contributed by atoms with Gasteiger partial charge in [-0.15, -0.1) is 0 Å². The third kappa shape index (κ3) is 4.06. The molecule has 6 heteroatoms. The van der Waals surface area contributed by atoms with Crippen LogP contribution in [0.1, 0.15) is 19.8 Å². The van der Waals surface area contributed by atoms with E-state index in [1.54, 1.807) is 0 Å². The Hall–Kier alpha value is -2.08. The molecule has 2 heterocycles. The molecule has 1 aromatic carbocycles. The lowest BCUT2D eigenvalue weighted by atomic mass is 9.98. The quantitative estimate of drug-likeness (QED) is 0.916. The summed E-state index contributed by atoms with van der Waals surface area (Å²) in [6.07, 6.45) is 1.69. The topological polar surface area (TPSA) is 61.9 Å². The number of anilines is 2. The smallest absolute Gasteiger partial charge is 0.225 e. The lowest BCUT2D eigenvalue weighted by molar-refractivity contribution is -0.138. The lowest BCUT2D eigenvalue weighted by Crippen LogP contribution is -2.51. The van der Waals surface area contributed by atoms with Crippen LogP contribution < -0.4 is 10.2 Å². The van der Waals surface area contributed by atoms with E-state index in [4.69, 9.17) is 4.74 Å². The lowest BCUT2D eigenvalue weighted by Gasteiger charge is -2.38. The number of piperazine rings is 1. The van der Waals surface area contributed by atoms with Crippen LogP contribution in [0, 0.1) is 5.92 Å². The van der Waals surface area contributed by atoms with E-state index in [1.807, 2.05) is 29.2 Å². The van der Waals surface area contributed by atoms with Gasteiger partial charge in [-0.25, -0.2) is 0 Å². The first kappa shape index (κ1) is 16.8. The van der Waals surface area contributed by atoms with Gasteiger partial charge in [0.25, 0.3) is 0 Å². The molecule has 2 amide bonds. The number of amides is 2. The first-order valence-corrected chi connectivity index (χ1v) is 8.62. The van der Waals surface area contributed by atoms with Crippen LogP contribution in [0.4, 0.5) is 11.4 Å². The zero-order valence-electron chi connectivity index (χ0n) is 14.2. The van der Waals surface area contributed by atoms with Crippen molar-refractivity contribution in [2.45, 2.75) is 19.8 Å². The van der Waals surface area contributed by atoms with Crippen molar-refractivity contribution in [3.63, 3.8) is 0 Å². The molecule has 0 radical (unpaired) electrons. The van der Waals surface area contributed by atoms with Crippen LogP contribution in [0.5, 0.6) is 0 Å². The van der Waals surface area contributed by atoms with Crippen molar-refractivity contribution in [1.82, 2.24) is 4.90 Å². The molecule has 3 rings (SSSR count). The Labute approximate surface area is 142 Å². The predicted octanol–water partition coefficient (Wildman–Crippen LogP) is 1.72. The number of benzene rings is 1. The summed E-state index contributed by atoms with van der Waals surface area (Å²) in [7, 11) is 0. The van der Waals surface area contributed by atoms with Crippen LogP contribution in [-0.2, 0) is 14.3 Å². The summed E-state index contributed by atoms with van der Waals surface area (Å²) in [5.41, 5.74) is 1.89. The minimum absolute atomic E-state index is 0.0703. The summed E-state index contributed by atoms with van der Waals surface area (Å²) >= 11 is 0. The number of ether oxygens (including phenoxy) is 1. The molecule has 0 aliphatic carbocycles. The predicted molar refractivity (Wildman–Crippen MR) is 93.1 cm³/mol. The van der Waals surface area contributed by atoms with E-state index < -0.39 is 0 Å². The van der Waals surface area contributed by atoms with Crippen LogP contribution in [0.2, 0.25) is 0 Å². The number of hydrogen-bond acceptors (Lipinski definition) is 4. The third-order valence-corrected chi connectivity index (χ3v) is 4.69. The molecule has 0 atom stereocenters. The Balaban J connectivity index is 1.56. The molecular formula is C18H25N3O3. The van der Waals surface area contributed by atoms with E-state index in [0.29, 0.717) is 13.2 Å². The molecule has 2 saturated heterocycles.